The van der Waals surface area contributed by atoms with Crippen molar-refractivity contribution in [1.82, 2.24) is 0 Å². The molecule has 52 heavy (non-hydrogen) atoms. The van der Waals surface area contributed by atoms with Crippen molar-refractivity contribution in [1.29, 1.82) is 0 Å². The van der Waals surface area contributed by atoms with E-state index in [9.17, 15) is 15.0 Å². The zero-order valence-corrected chi connectivity index (χ0v) is 35.9. The Bertz CT molecular complexity index is 1160. The van der Waals surface area contributed by atoms with E-state index in [-0.39, 0.29) is 51.2 Å². The maximum absolute atomic E-state index is 13.2. The Morgan fingerprint density at radius 3 is 1.75 bits per heavy atom. The molecule has 0 aromatic rings. The molecular formula is C48H86O4. The average Bonchev–Trinajstić information content (AvgIpc) is 3.44. The lowest BCUT2D eigenvalue weighted by Gasteiger charge is -2.73. The van der Waals surface area contributed by atoms with Gasteiger partial charge in [-0.25, -0.2) is 0 Å². The van der Waals surface area contributed by atoms with Gasteiger partial charge in [-0.2, -0.15) is 0 Å². The van der Waals surface area contributed by atoms with E-state index < -0.39 is 5.60 Å². The molecule has 0 saturated heterocycles. The molecule has 0 amide bonds. The van der Waals surface area contributed by atoms with Gasteiger partial charge in [0.1, 0.15) is 6.10 Å². The van der Waals surface area contributed by atoms with Crippen molar-refractivity contribution in [2.24, 2.45) is 56.7 Å². The summed E-state index contributed by atoms with van der Waals surface area (Å²) in [6.45, 7) is 21.3. The molecule has 5 rings (SSSR count). The summed E-state index contributed by atoms with van der Waals surface area (Å²) >= 11 is 0. The van der Waals surface area contributed by atoms with Gasteiger partial charge in [-0.15, -0.1) is 0 Å². The normalized spacial score (nSPS) is 41.1. The van der Waals surface area contributed by atoms with Crippen LogP contribution in [0, 0.1) is 56.7 Å². The molecule has 0 aromatic carbocycles. The molecule has 4 nitrogen and oxygen atoms in total. The highest BCUT2D eigenvalue weighted by Gasteiger charge is 2.72. The van der Waals surface area contributed by atoms with Crippen molar-refractivity contribution in [3.8, 4) is 0 Å². The number of rotatable bonds is 18. The Morgan fingerprint density at radius 1 is 0.654 bits per heavy atom. The van der Waals surface area contributed by atoms with Crippen LogP contribution < -0.4 is 0 Å². The second-order valence-electron chi connectivity index (χ2n) is 21.8. The molecule has 0 aromatic heterocycles. The largest absolute Gasteiger partial charge is 0.462 e. The highest BCUT2D eigenvalue weighted by atomic mass is 16.5. The van der Waals surface area contributed by atoms with E-state index in [0.29, 0.717) is 30.1 Å². The van der Waals surface area contributed by atoms with Gasteiger partial charge in [0.2, 0.25) is 0 Å². The van der Waals surface area contributed by atoms with Gasteiger partial charge in [0, 0.05) is 11.8 Å². The first kappa shape index (κ1) is 42.5. The minimum Gasteiger partial charge on any atom is -0.462 e. The number of fused-ring (bicyclic) bond motifs is 7. The Hall–Kier alpha value is -0.610. The second kappa shape index (κ2) is 16.9. The second-order valence-corrected chi connectivity index (χ2v) is 21.8. The zero-order valence-electron chi connectivity index (χ0n) is 35.9. The highest BCUT2D eigenvalue weighted by Crippen LogP contribution is 2.77. The fraction of sp³-hybridized carbons (Fsp3) is 0.979. The Kier molecular flexibility index (Phi) is 13.8. The minimum absolute atomic E-state index is 0.00828. The number of hydrogen-bond donors (Lipinski definition) is 2. The minimum atomic E-state index is -0.714. The van der Waals surface area contributed by atoms with Crippen molar-refractivity contribution < 1.29 is 19.7 Å². The lowest BCUT2D eigenvalue weighted by Crippen LogP contribution is -2.68. The first-order chi connectivity index (χ1) is 24.5. The smallest absolute Gasteiger partial charge is 0.306 e. The molecule has 302 valence electrons. The maximum atomic E-state index is 13.2. The Labute approximate surface area is 322 Å². The molecule has 0 unspecified atom stereocenters. The standard InChI is InChI=1S/C48H86O4/c1-10-11-12-13-14-15-16-17-18-19-20-21-22-23-24-25-41(50)52-40-30-32-45(6)37(43(40,2)3)29-33-47(8)38(45)27-26-36-42-35(44(4,5)51)28-31-46(42,7)39(49)34-48(36,47)9/h35-40,42,49,51H,10-34H2,1-9H3/t35-,36+,37+,38-,39+,40+,42-,45+,46-,47-,48-/m1/s1. The van der Waals surface area contributed by atoms with E-state index in [0.717, 1.165) is 44.9 Å². The molecule has 2 N–H and O–H groups in total. The van der Waals surface area contributed by atoms with Gasteiger partial charge < -0.3 is 14.9 Å². The average molecular weight is 727 g/mol. The fourth-order valence-corrected chi connectivity index (χ4v) is 14.8. The van der Waals surface area contributed by atoms with E-state index in [2.05, 4.69) is 48.5 Å². The van der Waals surface area contributed by atoms with Gasteiger partial charge in [0.25, 0.3) is 0 Å². The third-order valence-electron chi connectivity index (χ3n) is 18.0. The van der Waals surface area contributed by atoms with E-state index in [1.807, 2.05) is 13.8 Å². The monoisotopic (exact) mass is 727 g/mol. The lowest BCUT2D eigenvalue weighted by molar-refractivity contribution is -0.267. The molecule has 0 heterocycles. The lowest BCUT2D eigenvalue weighted by atomic mass is 9.32. The first-order valence-electron chi connectivity index (χ1n) is 23.1. The van der Waals surface area contributed by atoms with Crippen molar-refractivity contribution in [3.05, 3.63) is 0 Å². The van der Waals surface area contributed by atoms with Crippen LogP contribution in [0.1, 0.15) is 223 Å². The first-order valence-corrected chi connectivity index (χ1v) is 23.1. The molecular weight excluding hydrogens is 641 g/mol. The summed E-state index contributed by atoms with van der Waals surface area (Å²) in [5.41, 5.74) is -0.424. The van der Waals surface area contributed by atoms with E-state index in [4.69, 9.17) is 4.74 Å². The molecule has 5 fully saturated rings. The summed E-state index contributed by atoms with van der Waals surface area (Å²) in [5, 5.41) is 23.4. The Balaban J connectivity index is 1.09. The maximum Gasteiger partial charge on any atom is 0.306 e. The van der Waals surface area contributed by atoms with Crippen molar-refractivity contribution >= 4 is 5.97 Å². The number of carbonyl (C=O) groups is 1. The molecule has 0 radical (unpaired) electrons. The van der Waals surface area contributed by atoms with Gasteiger partial charge in [-0.3, -0.25) is 4.79 Å². The number of esters is 1. The molecule has 4 heteroatoms. The fourth-order valence-electron chi connectivity index (χ4n) is 14.8. The van der Waals surface area contributed by atoms with Crippen LogP contribution in [0.5, 0.6) is 0 Å². The van der Waals surface area contributed by atoms with Crippen LogP contribution in [0.3, 0.4) is 0 Å². The molecule has 0 bridgehead atoms. The van der Waals surface area contributed by atoms with E-state index in [1.54, 1.807) is 0 Å². The summed E-state index contributed by atoms with van der Waals surface area (Å²) in [6, 6.07) is 0. The SMILES string of the molecule is CCCCCCCCCCCCCCCCCC(=O)O[C@H]1CC[C@]2(C)[C@H]3CC[C@H]4[C@H]5[C@H](C(C)(C)O)CC[C@]5(C)[C@@H](O)C[C@@]4(C)[C@]3(C)CC[C@H]2C1(C)C. The number of aliphatic hydroxyl groups is 2. The van der Waals surface area contributed by atoms with Crippen LogP contribution in [-0.2, 0) is 9.53 Å². The van der Waals surface area contributed by atoms with Crippen LogP contribution in [0.2, 0.25) is 0 Å². The molecule has 0 aliphatic heterocycles. The number of aliphatic hydroxyl groups excluding tert-OH is 1. The van der Waals surface area contributed by atoms with Crippen LogP contribution in [0.25, 0.3) is 0 Å². The summed E-state index contributed by atoms with van der Waals surface area (Å²) in [6.07, 6.45) is 30.3. The number of carbonyl (C=O) groups excluding carboxylic acids is 1. The molecule has 5 aliphatic rings. The number of unbranched alkanes of at least 4 members (excludes halogenated alkanes) is 14. The van der Waals surface area contributed by atoms with Gasteiger partial charge in [0.05, 0.1) is 11.7 Å². The van der Waals surface area contributed by atoms with Gasteiger partial charge in [-0.05, 0) is 129 Å². The van der Waals surface area contributed by atoms with Crippen LogP contribution in [0.4, 0.5) is 0 Å². The highest BCUT2D eigenvalue weighted by molar-refractivity contribution is 5.69. The number of ether oxygens (including phenoxy) is 1. The number of hydrogen-bond acceptors (Lipinski definition) is 4. The molecule has 5 saturated carbocycles. The van der Waals surface area contributed by atoms with Gasteiger partial charge >= 0.3 is 5.97 Å². The summed E-state index contributed by atoms with van der Waals surface area (Å²) in [7, 11) is 0. The Morgan fingerprint density at radius 2 is 1.19 bits per heavy atom. The summed E-state index contributed by atoms with van der Waals surface area (Å²) in [4.78, 5) is 13.2. The molecule has 11 atom stereocenters. The summed E-state index contributed by atoms with van der Waals surface area (Å²) < 4.78 is 6.41. The van der Waals surface area contributed by atoms with Crippen molar-refractivity contribution in [2.75, 3.05) is 0 Å². The third kappa shape index (κ3) is 8.11. The summed E-state index contributed by atoms with van der Waals surface area (Å²) in [5.74, 6) is 2.34. The van der Waals surface area contributed by atoms with Crippen molar-refractivity contribution in [3.63, 3.8) is 0 Å². The van der Waals surface area contributed by atoms with E-state index >= 15 is 0 Å². The van der Waals surface area contributed by atoms with Crippen LogP contribution >= 0.6 is 0 Å². The van der Waals surface area contributed by atoms with Gasteiger partial charge in [-0.1, -0.05) is 138 Å². The zero-order chi connectivity index (χ0) is 38.0. The topological polar surface area (TPSA) is 66.8 Å². The molecule has 0 spiro atoms. The van der Waals surface area contributed by atoms with Crippen molar-refractivity contribution in [2.45, 2.75) is 241 Å². The van der Waals surface area contributed by atoms with Gasteiger partial charge in [0.15, 0.2) is 0 Å². The quantitative estimate of drug-likeness (QED) is 0.109. The molecule has 5 aliphatic carbocycles. The predicted octanol–water partition coefficient (Wildman–Crippen LogP) is 13.0. The third-order valence-corrected chi connectivity index (χ3v) is 18.0. The predicted molar refractivity (Wildman–Crippen MR) is 217 cm³/mol. The van der Waals surface area contributed by atoms with Crippen LogP contribution in [-0.4, -0.2) is 34.0 Å². The van der Waals surface area contributed by atoms with Crippen LogP contribution in [0.15, 0.2) is 0 Å². The van der Waals surface area contributed by atoms with E-state index in [1.165, 1.54) is 109 Å².